The Morgan fingerprint density at radius 2 is 1.53 bits per heavy atom. The van der Waals surface area contributed by atoms with Crippen molar-refractivity contribution in [3.63, 3.8) is 0 Å². The summed E-state index contributed by atoms with van der Waals surface area (Å²) in [5.41, 5.74) is 0. The van der Waals surface area contributed by atoms with Gasteiger partial charge in [-0.25, -0.2) is 0 Å². The summed E-state index contributed by atoms with van der Waals surface area (Å²) >= 11 is 0. The molecule has 0 bridgehead atoms. The minimum absolute atomic E-state index is 0. The summed E-state index contributed by atoms with van der Waals surface area (Å²) in [6.07, 6.45) is 7.42. The number of likely N-dealkylation sites (N-methyl/N-ethyl adjacent to an activating group) is 2. The van der Waals surface area contributed by atoms with E-state index in [0.29, 0.717) is 0 Å². The second kappa shape index (κ2) is 5.28. The summed E-state index contributed by atoms with van der Waals surface area (Å²) in [7, 11) is 4.74. The van der Waals surface area contributed by atoms with Crippen LogP contribution in [0.1, 0.15) is 32.1 Å². The van der Waals surface area contributed by atoms with Gasteiger partial charge in [0, 0.05) is 13.1 Å². The Morgan fingerprint density at radius 1 is 1.00 bits per heavy atom. The minimum Gasteiger partial charge on any atom is -0.870 e. The van der Waals surface area contributed by atoms with Crippen LogP contribution in [0.3, 0.4) is 0 Å². The zero-order valence-corrected chi connectivity index (χ0v) is 10.3. The maximum absolute atomic E-state index is 2.49. The SMILES string of the molecule is CN1CC[N+](C)(C2CCCCC2)CC1.[OH-]. The van der Waals surface area contributed by atoms with Crippen LogP contribution in [-0.2, 0) is 0 Å². The van der Waals surface area contributed by atoms with Crippen molar-refractivity contribution in [2.75, 3.05) is 40.3 Å². The maximum atomic E-state index is 2.49. The molecule has 1 aliphatic heterocycles. The first-order chi connectivity index (χ1) is 6.71. The van der Waals surface area contributed by atoms with Crippen molar-refractivity contribution in [3.05, 3.63) is 0 Å². The number of nitrogens with zero attached hydrogens (tertiary/aromatic N) is 2. The second-order valence-electron chi connectivity index (χ2n) is 5.52. The van der Waals surface area contributed by atoms with Gasteiger partial charge in [-0.3, -0.25) is 4.90 Å². The molecule has 1 saturated heterocycles. The van der Waals surface area contributed by atoms with E-state index in [2.05, 4.69) is 19.0 Å². The molecule has 0 aromatic carbocycles. The van der Waals surface area contributed by atoms with Gasteiger partial charge < -0.3 is 9.96 Å². The van der Waals surface area contributed by atoms with E-state index in [-0.39, 0.29) is 5.48 Å². The lowest BCUT2D eigenvalue weighted by molar-refractivity contribution is -0.938. The summed E-state index contributed by atoms with van der Waals surface area (Å²) in [4.78, 5) is 2.48. The van der Waals surface area contributed by atoms with Gasteiger partial charge in [-0.15, -0.1) is 0 Å². The van der Waals surface area contributed by atoms with Crippen molar-refractivity contribution in [1.82, 2.24) is 4.90 Å². The number of hydrogen-bond donors (Lipinski definition) is 0. The van der Waals surface area contributed by atoms with Crippen LogP contribution < -0.4 is 0 Å². The van der Waals surface area contributed by atoms with Gasteiger partial charge in [0.1, 0.15) is 0 Å². The smallest absolute Gasteiger partial charge is 0.0916 e. The fourth-order valence-electron chi connectivity index (χ4n) is 3.09. The Bertz CT molecular complexity index is 182. The molecule has 2 fully saturated rings. The summed E-state index contributed by atoms with van der Waals surface area (Å²) < 4.78 is 1.37. The van der Waals surface area contributed by atoms with Crippen molar-refractivity contribution in [2.24, 2.45) is 0 Å². The largest absolute Gasteiger partial charge is 0.870 e. The van der Waals surface area contributed by atoms with Gasteiger partial charge in [-0.05, 0) is 32.7 Å². The Kier molecular flexibility index (Phi) is 4.56. The average molecular weight is 214 g/mol. The fourth-order valence-corrected chi connectivity index (χ4v) is 3.09. The van der Waals surface area contributed by atoms with Crippen molar-refractivity contribution >= 4 is 0 Å². The third-order valence-corrected chi connectivity index (χ3v) is 4.44. The Hall–Kier alpha value is -0.120. The molecule has 0 aromatic heterocycles. The molecular formula is C12H26N2O. The van der Waals surface area contributed by atoms with Crippen molar-refractivity contribution in [1.29, 1.82) is 0 Å². The van der Waals surface area contributed by atoms with Crippen LogP contribution in [0.25, 0.3) is 0 Å². The minimum atomic E-state index is 0. The van der Waals surface area contributed by atoms with Crippen LogP contribution in [0.4, 0.5) is 0 Å². The van der Waals surface area contributed by atoms with Gasteiger partial charge in [0.25, 0.3) is 0 Å². The van der Waals surface area contributed by atoms with Gasteiger partial charge >= 0.3 is 0 Å². The first-order valence-electron chi connectivity index (χ1n) is 6.23. The molecule has 1 aliphatic carbocycles. The van der Waals surface area contributed by atoms with E-state index in [4.69, 9.17) is 0 Å². The lowest BCUT2D eigenvalue weighted by Crippen LogP contribution is -2.61. The van der Waals surface area contributed by atoms with Crippen molar-refractivity contribution in [2.45, 2.75) is 38.1 Å². The molecule has 0 atom stereocenters. The van der Waals surface area contributed by atoms with Gasteiger partial charge in [0.05, 0.1) is 26.2 Å². The van der Waals surface area contributed by atoms with E-state index in [1.165, 1.54) is 62.8 Å². The van der Waals surface area contributed by atoms with E-state index < -0.39 is 0 Å². The Morgan fingerprint density at radius 3 is 2.07 bits per heavy atom. The second-order valence-corrected chi connectivity index (χ2v) is 5.52. The lowest BCUT2D eigenvalue weighted by Gasteiger charge is -2.47. The normalized spacial score (nSPS) is 28.4. The quantitative estimate of drug-likeness (QED) is 0.620. The van der Waals surface area contributed by atoms with Crippen LogP contribution in [0.15, 0.2) is 0 Å². The van der Waals surface area contributed by atoms with Crippen LogP contribution in [-0.4, -0.2) is 61.2 Å². The highest BCUT2D eigenvalue weighted by Crippen LogP contribution is 2.28. The maximum Gasteiger partial charge on any atom is 0.0916 e. The van der Waals surface area contributed by atoms with Crippen LogP contribution in [0.2, 0.25) is 0 Å². The molecule has 1 saturated carbocycles. The first kappa shape index (κ1) is 12.9. The highest BCUT2D eigenvalue weighted by Gasteiger charge is 2.35. The van der Waals surface area contributed by atoms with Crippen LogP contribution in [0, 0.1) is 0 Å². The predicted molar refractivity (Wildman–Crippen MR) is 62.2 cm³/mol. The highest BCUT2D eigenvalue weighted by molar-refractivity contribution is 4.70. The summed E-state index contributed by atoms with van der Waals surface area (Å²) in [6, 6.07) is 0.984. The third-order valence-electron chi connectivity index (χ3n) is 4.44. The summed E-state index contributed by atoms with van der Waals surface area (Å²) in [5, 5.41) is 0. The van der Waals surface area contributed by atoms with Gasteiger partial charge in [0.15, 0.2) is 0 Å². The number of hydrogen-bond acceptors (Lipinski definition) is 2. The zero-order valence-electron chi connectivity index (χ0n) is 10.3. The standard InChI is InChI=1S/C12H25N2.H2O/c1-13-8-10-14(2,11-9-13)12-6-4-3-5-7-12;/h12H,3-11H2,1-2H3;1H2/q+1;/p-1. The number of rotatable bonds is 1. The fraction of sp³-hybridized carbons (Fsp3) is 1.00. The monoisotopic (exact) mass is 214 g/mol. The van der Waals surface area contributed by atoms with Gasteiger partial charge in [0.2, 0.25) is 0 Å². The van der Waals surface area contributed by atoms with Gasteiger partial charge in [-0.2, -0.15) is 0 Å². The lowest BCUT2D eigenvalue weighted by atomic mass is 9.92. The molecular weight excluding hydrogens is 188 g/mol. The van der Waals surface area contributed by atoms with E-state index >= 15 is 0 Å². The van der Waals surface area contributed by atoms with Crippen LogP contribution in [0.5, 0.6) is 0 Å². The topological polar surface area (TPSA) is 33.2 Å². The van der Waals surface area contributed by atoms with E-state index in [1.807, 2.05) is 0 Å². The molecule has 3 nitrogen and oxygen atoms in total. The molecule has 0 spiro atoms. The molecule has 0 amide bonds. The molecule has 1 heterocycles. The first-order valence-corrected chi connectivity index (χ1v) is 6.23. The predicted octanol–water partition coefficient (Wildman–Crippen LogP) is 1.53. The molecule has 0 unspecified atom stereocenters. The number of quaternary nitrogens is 1. The molecule has 0 radical (unpaired) electrons. The molecule has 1 N–H and O–H groups in total. The van der Waals surface area contributed by atoms with E-state index in [1.54, 1.807) is 0 Å². The van der Waals surface area contributed by atoms with E-state index in [9.17, 15) is 0 Å². The Balaban J connectivity index is 0.00000112. The molecule has 15 heavy (non-hydrogen) atoms. The highest BCUT2D eigenvalue weighted by atomic mass is 16.0. The molecule has 90 valence electrons. The summed E-state index contributed by atoms with van der Waals surface area (Å²) in [5.74, 6) is 0. The molecule has 3 heteroatoms. The third kappa shape index (κ3) is 2.92. The van der Waals surface area contributed by atoms with E-state index in [0.717, 1.165) is 6.04 Å². The molecule has 2 rings (SSSR count). The van der Waals surface area contributed by atoms with Crippen LogP contribution >= 0.6 is 0 Å². The van der Waals surface area contributed by atoms with Crippen molar-refractivity contribution < 1.29 is 9.96 Å². The summed E-state index contributed by atoms with van der Waals surface area (Å²) in [6.45, 7) is 5.35. The zero-order chi connectivity index (χ0) is 10.0. The molecule has 2 aliphatic rings. The Labute approximate surface area is 94.0 Å². The van der Waals surface area contributed by atoms with Crippen molar-refractivity contribution in [3.8, 4) is 0 Å². The number of piperazine rings is 1. The van der Waals surface area contributed by atoms with Gasteiger partial charge in [-0.1, -0.05) is 6.42 Å². The molecule has 0 aromatic rings. The average Bonchev–Trinajstić information content (AvgIpc) is 2.24.